The zero-order valence-electron chi connectivity index (χ0n) is 32.9. The van der Waals surface area contributed by atoms with Crippen LogP contribution in [0.25, 0.3) is 0 Å². The number of fused-ring (bicyclic) bond motifs is 5. The van der Waals surface area contributed by atoms with Crippen molar-refractivity contribution in [2.24, 2.45) is 46.3 Å². The van der Waals surface area contributed by atoms with Crippen molar-refractivity contribution in [1.82, 2.24) is 0 Å². The van der Waals surface area contributed by atoms with Crippen molar-refractivity contribution in [1.29, 1.82) is 0 Å². The zero-order valence-corrected chi connectivity index (χ0v) is 32.9. The maximum Gasteiger partial charge on any atom is 0.306 e. The highest BCUT2D eigenvalue weighted by molar-refractivity contribution is 5.69. The lowest BCUT2D eigenvalue weighted by atomic mass is 9.47. The Morgan fingerprint density at radius 1 is 0.796 bits per heavy atom. The molecule has 0 aromatic heterocycles. The minimum absolute atomic E-state index is 0.00622. The molecule has 0 unspecified atom stereocenters. The van der Waals surface area contributed by atoms with Crippen LogP contribution in [0.4, 0.5) is 0 Å². The summed E-state index contributed by atoms with van der Waals surface area (Å²) in [7, 11) is 0. The van der Waals surface area contributed by atoms with E-state index in [2.05, 4.69) is 96.2 Å². The van der Waals surface area contributed by atoms with E-state index in [1.54, 1.807) is 5.57 Å². The molecule has 0 bridgehead atoms. The number of unbranched alkanes of at least 4 members (excludes halogenated alkanes) is 4. The molecule has 4 aliphatic rings. The van der Waals surface area contributed by atoms with E-state index < -0.39 is 0 Å². The third-order valence-corrected chi connectivity index (χ3v) is 13.8. The Kier molecular flexibility index (Phi) is 16.5. The Balaban J connectivity index is 1.13. The van der Waals surface area contributed by atoms with Crippen molar-refractivity contribution in [2.75, 3.05) is 0 Å². The number of esters is 1. The van der Waals surface area contributed by atoms with E-state index in [0.29, 0.717) is 17.3 Å². The minimum Gasteiger partial charge on any atom is -0.462 e. The van der Waals surface area contributed by atoms with Crippen LogP contribution in [-0.4, -0.2) is 12.1 Å². The van der Waals surface area contributed by atoms with Crippen LogP contribution in [-0.2, 0) is 9.53 Å². The molecule has 0 saturated heterocycles. The van der Waals surface area contributed by atoms with Crippen molar-refractivity contribution in [2.45, 2.75) is 182 Å². The number of carbonyl (C=O) groups excluding carboxylic acids is 1. The smallest absolute Gasteiger partial charge is 0.306 e. The number of ether oxygens (including phenoxy) is 1. The topological polar surface area (TPSA) is 26.3 Å². The van der Waals surface area contributed by atoms with Gasteiger partial charge in [-0.15, -0.1) is 0 Å². The van der Waals surface area contributed by atoms with Crippen LogP contribution in [0.2, 0.25) is 0 Å². The summed E-state index contributed by atoms with van der Waals surface area (Å²) >= 11 is 0. The highest BCUT2D eigenvalue weighted by Gasteiger charge is 2.59. The summed E-state index contributed by atoms with van der Waals surface area (Å²) in [6.07, 6.45) is 45.7. The number of allylic oxidation sites excluding steroid dienone is 9. The molecule has 0 N–H and O–H groups in total. The second-order valence-electron chi connectivity index (χ2n) is 17.6. The number of hydrogen-bond donors (Lipinski definition) is 0. The molecule has 8 atom stereocenters. The minimum atomic E-state index is 0.00622. The molecule has 0 aliphatic heterocycles. The molecule has 0 spiro atoms. The Morgan fingerprint density at radius 2 is 1.47 bits per heavy atom. The predicted octanol–water partition coefficient (Wildman–Crippen LogP) is 14.1. The van der Waals surface area contributed by atoms with Gasteiger partial charge in [0.15, 0.2) is 0 Å². The number of rotatable bonds is 20. The van der Waals surface area contributed by atoms with E-state index in [-0.39, 0.29) is 12.1 Å². The Labute approximate surface area is 303 Å². The molecule has 49 heavy (non-hydrogen) atoms. The zero-order chi connectivity index (χ0) is 35.1. The molecule has 4 rings (SSSR count). The molecule has 2 nitrogen and oxygen atoms in total. The Hall–Kier alpha value is -1.83. The van der Waals surface area contributed by atoms with Crippen LogP contribution in [0.3, 0.4) is 0 Å². The fraction of sp³-hybridized carbons (Fsp3) is 0.766. The van der Waals surface area contributed by atoms with Gasteiger partial charge in [0.05, 0.1) is 0 Å². The third-order valence-electron chi connectivity index (χ3n) is 13.8. The van der Waals surface area contributed by atoms with Gasteiger partial charge < -0.3 is 4.74 Å². The second kappa shape index (κ2) is 20.3. The monoisotopic (exact) mass is 673 g/mol. The van der Waals surface area contributed by atoms with Gasteiger partial charge in [0, 0.05) is 12.8 Å². The predicted molar refractivity (Wildman–Crippen MR) is 211 cm³/mol. The first-order valence-electron chi connectivity index (χ1n) is 21.2. The lowest BCUT2D eigenvalue weighted by Gasteiger charge is -2.58. The average Bonchev–Trinajstić information content (AvgIpc) is 3.43. The molecule has 4 aliphatic carbocycles. The molecular weight excluding hydrogens is 597 g/mol. The van der Waals surface area contributed by atoms with Gasteiger partial charge in [0.1, 0.15) is 6.10 Å². The Morgan fingerprint density at radius 3 is 2.14 bits per heavy atom. The molecule has 0 aromatic rings. The molecule has 3 saturated carbocycles. The van der Waals surface area contributed by atoms with Crippen LogP contribution in [0.5, 0.6) is 0 Å². The molecule has 0 radical (unpaired) electrons. The number of carbonyl (C=O) groups is 1. The van der Waals surface area contributed by atoms with Gasteiger partial charge in [0.25, 0.3) is 0 Å². The van der Waals surface area contributed by atoms with Crippen LogP contribution in [0.15, 0.2) is 60.3 Å². The van der Waals surface area contributed by atoms with Gasteiger partial charge in [-0.05, 0) is 136 Å². The molecule has 276 valence electrons. The van der Waals surface area contributed by atoms with Crippen LogP contribution < -0.4 is 0 Å². The molecule has 0 amide bonds. The van der Waals surface area contributed by atoms with E-state index in [4.69, 9.17) is 4.74 Å². The SMILES string of the molecule is CCCCC/C=C/C/C=C/C/C=C/C/C=C/CCCC(=O)O[C@@H]1CC[C@@]2(C)C(=CC[C@H]3[C@@H]4CC[C@H]([C@H](C)CCCC(C)C)[C@@]4(C)CC[C@@H]32)C1. The summed E-state index contributed by atoms with van der Waals surface area (Å²) in [4.78, 5) is 12.8. The van der Waals surface area contributed by atoms with Crippen molar-refractivity contribution in [3.05, 3.63) is 60.3 Å². The van der Waals surface area contributed by atoms with Gasteiger partial charge >= 0.3 is 5.97 Å². The Bertz CT molecular complexity index is 1140. The lowest BCUT2D eigenvalue weighted by Crippen LogP contribution is -2.51. The van der Waals surface area contributed by atoms with E-state index in [1.165, 1.54) is 83.5 Å². The highest BCUT2D eigenvalue weighted by Crippen LogP contribution is 2.67. The normalized spacial score (nSPS) is 32.2. The lowest BCUT2D eigenvalue weighted by molar-refractivity contribution is -0.151. The second-order valence-corrected chi connectivity index (χ2v) is 17.6. The fourth-order valence-corrected chi connectivity index (χ4v) is 10.9. The summed E-state index contributed by atoms with van der Waals surface area (Å²) in [5, 5.41) is 0. The molecule has 2 heteroatoms. The van der Waals surface area contributed by atoms with Crippen molar-refractivity contribution >= 4 is 5.97 Å². The summed E-state index contributed by atoms with van der Waals surface area (Å²) in [6, 6.07) is 0. The van der Waals surface area contributed by atoms with Crippen LogP contribution >= 0.6 is 0 Å². The number of hydrogen-bond acceptors (Lipinski definition) is 2. The molecular formula is C47H76O2. The van der Waals surface area contributed by atoms with Gasteiger partial charge in [-0.25, -0.2) is 0 Å². The highest BCUT2D eigenvalue weighted by atomic mass is 16.5. The standard InChI is InChI=1S/C47H76O2/c1-7-8-9-10-11-12-13-14-15-16-17-18-19-20-21-22-23-27-45(48)49-40-32-34-46(5)39(36-40)28-29-41-43-31-30-42(38(4)26-24-25-37(2)3)47(43,6)35-33-44(41)46/h11-12,14-15,17-18,20-21,28,37-38,40-44H,7-10,13,16,19,22-27,29-36H2,1-6H3/b12-11+,15-14+,18-17+,21-20+/t38-,40-,41+,42-,43+,44+,46+,47-/m1/s1. The third kappa shape index (κ3) is 11.3. The average molecular weight is 673 g/mol. The van der Waals surface area contributed by atoms with Gasteiger partial charge in [-0.1, -0.05) is 134 Å². The van der Waals surface area contributed by atoms with Crippen molar-refractivity contribution < 1.29 is 9.53 Å². The first kappa shape index (κ1) is 39.9. The van der Waals surface area contributed by atoms with Gasteiger partial charge in [-0.3, -0.25) is 4.79 Å². The maximum absolute atomic E-state index is 12.8. The molecule has 3 fully saturated rings. The first-order chi connectivity index (χ1) is 23.7. The molecule has 0 heterocycles. The fourth-order valence-electron chi connectivity index (χ4n) is 10.9. The van der Waals surface area contributed by atoms with E-state index in [9.17, 15) is 4.79 Å². The largest absolute Gasteiger partial charge is 0.462 e. The van der Waals surface area contributed by atoms with Crippen molar-refractivity contribution in [3.63, 3.8) is 0 Å². The first-order valence-corrected chi connectivity index (χ1v) is 21.2. The molecule has 0 aromatic carbocycles. The van der Waals surface area contributed by atoms with E-state index in [0.717, 1.165) is 80.5 Å². The van der Waals surface area contributed by atoms with E-state index >= 15 is 0 Å². The van der Waals surface area contributed by atoms with Crippen LogP contribution in [0, 0.1) is 46.3 Å². The summed E-state index contributed by atoms with van der Waals surface area (Å²) in [5.41, 5.74) is 2.48. The maximum atomic E-state index is 12.8. The van der Waals surface area contributed by atoms with Gasteiger partial charge in [-0.2, -0.15) is 0 Å². The summed E-state index contributed by atoms with van der Waals surface area (Å²) in [5.74, 6) is 5.21. The van der Waals surface area contributed by atoms with Gasteiger partial charge in [0.2, 0.25) is 0 Å². The summed E-state index contributed by atoms with van der Waals surface area (Å²) < 4.78 is 6.10. The van der Waals surface area contributed by atoms with E-state index in [1.807, 2.05) is 0 Å². The van der Waals surface area contributed by atoms with Crippen LogP contribution in [0.1, 0.15) is 176 Å². The van der Waals surface area contributed by atoms with Crippen molar-refractivity contribution in [3.8, 4) is 0 Å². The summed E-state index contributed by atoms with van der Waals surface area (Å²) in [6.45, 7) is 14.9. The quantitative estimate of drug-likeness (QED) is 0.0731.